The van der Waals surface area contributed by atoms with Gasteiger partial charge in [-0.2, -0.15) is 25.3 Å². The van der Waals surface area contributed by atoms with Gasteiger partial charge in [-0.1, -0.05) is 18.6 Å². The minimum Gasteiger partial charge on any atom is -0.462 e. The number of hydrogen-bond donors (Lipinski definition) is 3. The van der Waals surface area contributed by atoms with Crippen molar-refractivity contribution >= 4 is 42.8 Å². The van der Waals surface area contributed by atoms with Crippen molar-refractivity contribution in [2.24, 2.45) is 0 Å². The van der Waals surface area contributed by atoms with E-state index in [-0.39, 0.29) is 25.4 Å². The van der Waals surface area contributed by atoms with Gasteiger partial charge in [-0.25, -0.2) is 4.79 Å². The van der Waals surface area contributed by atoms with Gasteiger partial charge in [-0.3, -0.25) is 4.79 Å². The van der Waals surface area contributed by atoms with Crippen molar-refractivity contribution < 1.29 is 33.8 Å². The Morgan fingerprint density at radius 2 is 1.92 bits per heavy atom. The second kappa shape index (κ2) is 13.7. The molecule has 0 aromatic heterocycles. The molecule has 0 saturated carbocycles. The van der Waals surface area contributed by atoms with Crippen LogP contribution in [0.4, 0.5) is 5.69 Å². The van der Waals surface area contributed by atoms with Crippen LogP contribution >= 0.6 is 25.3 Å². The third-order valence-electron chi connectivity index (χ3n) is 3.35. The summed E-state index contributed by atoms with van der Waals surface area (Å²) in [6.45, 7) is 2.06. The summed E-state index contributed by atoms with van der Waals surface area (Å²) < 4.78 is 4.99. The first-order valence-electron chi connectivity index (χ1n) is 7.93. The van der Waals surface area contributed by atoms with E-state index in [2.05, 4.69) is 30.6 Å². The van der Waals surface area contributed by atoms with Gasteiger partial charge >= 0.3 is 5.97 Å². The van der Waals surface area contributed by atoms with Crippen LogP contribution in [0.3, 0.4) is 0 Å². The van der Waals surface area contributed by atoms with Crippen molar-refractivity contribution in [2.45, 2.75) is 44.3 Å². The molecule has 1 aromatic rings. The zero-order valence-corrected chi connectivity index (χ0v) is 18.9. The monoisotopic (exact) mass is 419 g/mol. The summed E-state index contributed by atoms with van der Waals surface area (Å²) in [5.74, 6) is 0.318. The molecular formula is C17H25NO3S2Zn. The van der Waals surface area contributed by atoms with Gasteiger partial charge in [0.15, 0.2) is 0 Å². The molecule has 1 atom stereocenters. The number of rotatable bonds is 10. The molecule has 1 N–H and O–H groups in total. The number of amides is 1. The molecule has 0 aliphatic heterocycles. The standard InChI is InChI=1S/C17H25NO3S2.Zn/c1-2-21-17(20)14-8-4-5-9-15(14)18-16(19)10-6-3-7-13(23)11-12-22;/h4-5,8-9,13,22-23H,2-3,6-7,10-12H2,1H3,(H,18,19);. The van der Waals surface area contributed by atoms with Gasteiger partial charge in [-0.05, 0) is 44.1 Å². The number of esters is 1. The zero-order chi connectivity index (χ0) is 17.1. The molecule has 0 bridgehead atoms. The van der Waals surface area contributed by atoms with Crippen LogP contribution in [0, 0.1) is 0 Å². The summed E-state index contributed by atoms with van der Waals surface area (Å²) in [4.78, 5) is 23.9. The average molecular weight is 421 g/mol. The second-order valence-electron chi connectivity index (χ2n) is 5.23. The number of carbonyl (C=O) groups is 2. The summed E-state index contributed by atoms with van der Waals surface area (Å²) in [6, 6.07) is 6.88. The maximum Gasteiger partial charge on any atom is 0.340 e. The van der Waals surface area contributed by atoms with Gasteiger partial charge in [0.25, 0.3) is 0 Å². The zero-order valence-electron chi connectivity index (χ0n) is 14.2. The molecular weight excluding hydrogens is 396 g/mol. The molecule has 0 fully saturated rings. The molecule has 1 aromatic carbocycles. The molecule has 1 unspecified atom stereocenters. The number of hydrogen-bond acceptors (Lipinski definition) is 5. The van der Waals surface area contributed by atoms with Crippen LogP contribution in [0.25, 0.3) is 0 Å². The minimum atomic E-state index is -0.423. The van der Waals surface area contributed by atoms with E-state index in [1.54, 1.807) is 31.2 Å². The smallest absolute Gasteiger partial charge is 0.340 e. The van der Waals surface area contributed by atoms with Crippen molar-refractivity contribution in [1.82, 2.24) is 0 Å². The first-order valence-corrected chi connectivity index (χ1v) is 9.08. The van der Waals surface area contributed by atoms with E-state index in [4.69, 9.17) is 4.74 Å². The summed E-state index contributed by atoms with van der Waals surface area (Å²) in [6.07, 6.45) is 4.14. The molecule has 1 amide bonds. The molecule has 0 saturated heterocycles. The predicted molar refractivity (Wildman–Crippen MR) is 101 cm³/mol. The van der Waals surface area contributed by atoms with E-state index >= 15 is 0 Å². The van der Waals surface area contributed by atoms with Gasteiger partial charge in [0.2, 0.25) is 5.91 Å². The fraction of sp³-hybridized carbons (Fsp3) is 0.529. The number of para-hydroxylation sites is 1. The van der Waals surface area contributed by atoms with Crippen molar-refractivity contribution in [3.05, 3.63) is 29.8 Å². The Bertz CT molecular complexity index is 514. The molecule has 7 heteroatoms. The van der Waals surface area contributed by atoms with Crippen LogP contribution in [-0.4, -0.2) is 29.5 Å². The normalized spacial score (nSPS) is 11.3. The number of benzene rings is 1. The average Bonchev–Trinajstić information content (AvgIpc) is 2.52. The van der Waals surface area contributed by atoms with E-state index < -0.39 is 5.97 Å². The van der Waals surface area contributed by atoms with Crippen LogP contribution in [0.2, 0.25) is 0 Å². The maximum absolute atomic E-state index is 12.0. The fourth-order valence-electron chi connectivity index (χ4n) is 2.15. The van der Waals surface area contributed by atoms with Crippen molar-refractivity contribution in [2.75, 3.05) is 17.7 Å². The Balaban J connectivity index is 0.00000529. The van der Waals surface area contributed by atoms with Gasteiger partial charge in [0, 0.05) is 31.1 Å². The Labute approximate surface area is 168 Å². The summed E-state index contributed by atoms with van der Waals surface area (Å²) in [5.41, 5.74) is 0.880. The number of ether oxygens (including phenoxy) is 1. The quantitative estimate of drug-likeness (QED) is 0.232. The van der Waals surface area contributed by atoms with Crippen LogP contribution in [0.1, 0.15) is 49.4 Å². The number of unbranched alkanes of at least 4 members (excludes halogenated alkanes) is 1. The molecule has 4 nitrogen and oxygen atoms in total. The Hall–Kier alpha value is -0.517. The first-order chi connectivity index (χ1) is 11.1. The fourth-order valence-corrected chi connectivity index (χ4v) is 2.98. The van der Waals surface area contributed by atoms with E-state index in [0.29, 0.717) is 29.5 Å². The van der Waals surface area contributed by atoms with E-state index in [0.717, 1.165) is 31.4 Å². The van der Waals surface area contributed by atoms with Gasteiger partial charge in [0.1, 0.15) is 0 Å². The van der Waals surface area contributed by atoms with Crippen molar-refractivity contribution in [3.63, 3.8) is 0 Å². The molecule has 130 valence electrons. The first kappa shape index (κ1) is 23.5. The molecule has 0 spiro atoms. The van der Waals surface area contributed by atoms with Crippen molar-refractivity contribution in [3.8, 4) is 0 Å². The largest absolute Gasteiger partial charge is 0.462 e. The predicted octanol–water partition coefficient (Wildman–Crippen LogP) is 3.98. The number of anilines is 1. The molecule has 0 radical (unpaired) electrons. The van der Waals surface area contributed by atoms with E-state index in [1.165, 1.54) is 0 Å². The molecule has 0 aliphatic rings. The summed E-state index contributed by atoms with van der Waals surface area (Å²) in [5, 5.41) is 3.14. The van der Waals surface area contributed by atoms with Crippen LogP contribution < -0.4 is 5.32 Å². The number of nitrogens with one attached hydrogen (secondary N) is 1. The van der Waals surface area contributed by atoms with Gasteiger partial charge in [-0.15, -0.1) is 0 Å². The van der Waals surface area contributed by atoms with Gasteiger partial charge in [0.05, 0.1) is 17.9 Å². The molecule has 0 heterocycles. The second-order valence-corrected chi connectivity index (χ2v) is 6.40. The number of thiol groups is 2. The SMILES string of the molecule is CCOC(=O)c1ccccc1NC(=O)CCCCC(S)CCS.[Zn]. The number of carbonyl (C=O) groups excluding carboxylic acids is 2. The van der Waals surface area contributed by atoms with E-state index in [1.807, 2.05) is 0 Å². The van der Waals surface area contributed by atoms with Gasteiger partial charge < -0.3 is 10.1 Å². The molecule has 0 aliphatic carbocycles. The molecule has 1 rings (SSSR count). The van der Waals surface area contributed by atoms with Crippen LogP contribution in [0.5, 0.6) is 0 Å². The Morgan fingerprint density at radius 1 is 1.21 bits per heavy atom. The van der Waals surface area contributed by atoms with Crippen LogP contribution in [0.15, 0.2) is 24.3 Å². The Kier molecular flexibility index (Phi) is 13.4. The maximum atomic E-state index is 12.0. The topological polar surface area (TPSA) is 55.4 Å². The summed E-state index contributed by atoms with van der Waals surface area (Å²) in [7, 11) is 0. The Morgan fingerprint density at radius 3 is 2.58 bits per heavy atom. The molecule has 24 heavy (non-hydrogen) atoms. The summed E-state index contributed by atoms with van der Waals surface area (Å²) >= 11 is 8.65. The third-order valence-corrected chi connectivity index (χ3v) is 4.12. The van der Waals surface area contributed by atoms with E-state index in [9.17, 15) is 9.59 Å². The van der Waals surface area contributed by atoms with Crippen molar-refractivity contribution in [1.29, 1.82) is 0 Å². The third kappa shape index (κ3) is 9.09. The minimum absolute atomic E-state index is 0. The van der Waals surface area contributed by atoms with Crippen LogP contribution in [-0.2, 0) is 29.0 Å².